The maximum atomic E-state index is 12.3. The number of aromatic nitrogens is 2. The molecular weight excluding hydrogens is 330 g/mol. The number of hydrogen-bond acceptors (Lipinski definition) is 3. The van der Waals surface area contributed by atoms with E-state index in [0.717, 1.165) is 27.4 Å². The molecule has 128 valence electrons. The summed E-state index contributed by atoms with van der Waals surface area (Å²) in [4.78, 5) is 17.0. The maximum absolute atomic E-state index is 12.3. The van der Waals surface area contributed by atoms with E-state index in [0.29, 0.717) is 12.3 Å². The highest BCUT2D eigenvalue weighted by Gasteiger charge is 2.13. The minimum absolute atomic E-state index is 0.0316. The topological polar surface area (TPSA) is 46.9 Å². The van der Waals surface area contributed by atoms with Gasteiger partial charge >= 0.3 is 0 Å². The molecule has 1 aromatic heterocycles. The summed E-state index contributed by atoms with van der Waals surface area (Å²) >= 11 is 1.44. The number of thioether (sulfide) groups is 1. The molecule has 0 aliphatic rings. The molecular formula is C20H21N3OS. The summed E-state index contributed by atoms with van der Waals surface area (Å²) in [7, 11) is 0. The highest BCUT2D eigenvalue weighted by atomic mass is 32.2. The first-order valence-electron chi connectivity index (χ1n) is 8.15. The Hall–Kier alpha value is -2.53. The smallest absolute Gasteiger partial charge is 0.234 e. The second kappa shape index (κ2) is 7.57. The number of rotatable bonds is 6. The van der Waals surface area contributed by atoms with Crippen LogP contribution in [0, 0.1) is 13.8 Å². The number of imidazole rings is 1. The quantitative estimate of drug-likeness (QED) is 0.523. The van der Waals surface area contributed by atoms with E-state index in [9.17, 15) is 4.79 Å². The van der Waals surface area contributed by atoms with E-state index in [1.165, 1.54) is 17.3 Å². The fourth-order valence-electron chi connectivity index (χ4n) is 2.67. The van der Waals surface area contributed by atoms with Gasteiger partial charge in [0.25, 0.3) is 0 Å². The largest absolute Gasteiger partial charge is 0.325 e. The summed E-state index contributed by atoms with van der Waals surface area (Å²) in [5.74, 6) is 0.282. The van der Waals surface area contributed by atoms with Crippen molar-refractivity contribution < 1.29 is 4.79 Å². The van der Waals surface area contributed by atoms with Crippen LogP contribution in [0.2, 0.25) is 0 Å². The van der Waals surface area contributed by atoms with Gasteiger partial charge in [0.05, 0.1) is 16.8 Å². The number of para-hydroxylation sites is 2. The SMILES string of the molecule is C=CCn1c(SCC(=O)Nc2cccc(C)c2C)nc2ccccc21. The molecule has 0 atom stereocenters. The van der Waals surface area contributed by atoms with Crippen molar-refractivity contribution in [3.8, 4) is 0 Å². The van der Waals surface area contributed by atoms with Crippen molar-refractivity contribution in [1.82, 2.24) is 9.55 Å². The summed E-state index contributed by atoms with van der Waals surface area (Å²) in [5.41, 5.74) is 5.12. The number of fused-ring (bicyclic) bond motifs is 1. The van der Waals surface area contributed by atoms with Gasteiger partial charge in [0.2, 0.25) is 5.91 Å². The Labute approximate surface area is 152 Å². The van der Waals surface area contributed by atoms with Crippen molar-refractivity contribution in [2.24, 2.45) is 0 Å². The molecule has 25 heavy (non-hydrogen) atoms. The van der Waals surface area contributed by atoms with Crippen molar-refractivity contribution in [3.05, 3.63) is 66.2 Å². The molecule has 4 nitrogen and oxygen atoms in total. The monoisotopic (exact) mass is 351 g/mol. The highest BCUT2D eigenvalue weighted by molar-refractivity contribution is 7.99. The lowest BCUT2D eigenvalue weighted by molar-refractivity contribution is -0.113. The first-order valence-corrected chi connectivity index (χ1v) is 9.13. The predicted octanol–water partition coefficient (Wildman–Crippen LogP) is 4.57. The predicted molar refractivity (Wildman–Crippen MR) is 105 cm³/mol. The van der Waals surface area contributed by atoms with Crippen LogP contribution in [0.5, 0.6) is 0 Å². The number of benzene rings is 2. The van der Waals surface area contributed by atoms with E-state index >= 15 is 0 Å². The van der Waals surface area contributed by atoms with Crippen LogP contribution < -0.4 is 5.32 Å². The van der Waals surface area contributed by atoms with Crippen LogP contribution in [0.3, 0.4) is 0 Å². The minimum atomic E-state index is -0.0316. The number of anilines is 1. The Bertz CT molecular complexity index is 930. The first kappa shape index (κ1) is 17.3. The molecule has 0 fully saturated rings. The van der Waals surface area contributed by atoms with E-state index in [1.807, 2.05) is 62.4 Å². The zero-order valence-electron chi connectivity index (χ0n) is 14.5. The van der Waals surface area contributed by atoms with Crippen molar-refractivity contribution in [1.29, 1.82) is 0 Å². The minimum Gasteiger partial charge on any atom is -0.325 e. The number of nitrogens with zero attached hydrogens (tertiary/aromatic N) is 2. The first-order chi connectivity index (χ1) is 12.1. The van der Waals surface area contributed by atoms with Gasteiger partial charge in [-0.15, -0.1) is 6.58 Å². The third kappa shape index (κ3) is 3.77. The van der Waals surface area contributed by atoms with Gasteiger partial charge < -0.3 is 9.88 Å². The molecule has 0 aliphatic carbocycles. The second-order valence-electron chi connectivity index (χ2n) is 5.87. The van der Waals surface area contributed by atoms with Crippen LogP contribution in [0.1, 0.15) is 11.1 Å². The maximum Gasteiger partial charge on any atom is 0.234 e. The zero-order chi connectivity index (χ0) is 17.8. The normalized spacial score (nSPS) is 10.8. The molecule has 0 spiro atoms. The Balaban J connectivity index is 1.74. The van der Waals surface area contributed by atoms with Gasteiger partial charge in [0, 0.05) is 12.2 Å². The Kier molecular flexibility index (Phi) is 5.24. The van der Waals surface area contributed by atoms with Gasteiger partial charge in [-0.05, 0) is 43.2 Å². The molecule has 0 radical (unpaired) electrons. The van der Waals surface area contributed by atoms with Crippen molar-refractivity contribution >= 4 is 34.4 Å². The third-order valence-corrected chi connectivity index (χ3v) is 5.12. The molecule has 0 bridgehead atoms. The standard InChI is InChI=1S/C20H21N3OS/c1-4-12-23-18-11-6-5-9-17(18)22-20(23)25-13-19(24)21-16-10-7-8-14(2)15(16)3/h4-11H,1,12-13H2,2-3H3,(H,21,24). The van der Waals surface area contributed by atoms with Crippen molar-refractivity contribution in [2.75, 3.05) is 11.1 Å². The summed E-state index contributed by atoms with van der Waals surface area (Å²) in [6.45, 7) is 8.54. The van der Waals surface area contributed by atoms with Gasteiger partial charge in [-0.1, -0.05) is 42.1 Å². The number of hydrogen-bond donors (Lipinski definition) is 1. The second-order valence-corrected chi connectivity index (χ2v) is 6.81. The van der Waals surface area contributed by atoms with E-state index in [1.54, 1.807) is 0 Å². The molecule has 3 rings (SSSR count). The lowest BCUT2D eigenvalue weighted by Crippen LogP contribution is -2.15. The molecule has 0 unspecified atom stereocenters. The number of nitrogens with one attached hydrogen (secondary N) is 1. The number of aryl methyl sites for hydroxylation is 1. The Morgan fingerprint density at radius 2 is 2.04 bits per heavy atom. The third-order valence-electron chi connectivity index (χ3n) is 4.14. The lowest BCUT2D eigenvalue weighted by Gasteiger charge is -2.10. The van der Waals surface area contributed by atoms with Gasteiger partial charge in [0.15, 0.2) is 5.16 Å². The fraction of sp³-hybridized carbons (Fsp3) is 0.200. The van der Waals surface area contributed by atoms with Gasteiger partial charge in [-0.25, -0.2) is 4.98 Å². The van der Waals surface area contributed by atoms with E-state index in [4.69, 9.17) is 0 Å². The highest BCUT2D eigenvalue weighted by Crippen LogP contribution is 2.25. The summed E-state index contributed by atoms with van der Waals surface area (Å²) in [6, 6.07) is 13.9. The van der Waals surface area contributed by atoms with Gasteiger partial charge in [0.1, 0.15) is 0 Å². The van der Waals surface area contributed by atoms with Crippen LogP contribution in [-0.4, -0.2) is 21.2 Å². The fourth-order valence-corrected chi connectivity index (χ4v) is 3.50. The van der Waals surface area contributed by atoms with Crippen molar-refractivity contribution in [2.45, 2.75) is 25.5 Å². The van der Waals surface area contributed by atoms with Crippen LogP contribution in [0.25, 0.3) is 11.0 Å². The summed E-state index contributed by atoms with van der Waals surface area (Å²) < 4.78 is 2.08. The molecule has 0 saturated heterocycles. The molecule has 3 aromatic rings. The molecule has 5 heteroatoms. The summed E-state index contributed by atoms with van der Waals surface area (Å²) in [5, 5.41) is 3.82. The van der Waals surface area contributed by atoms with Crippen molar-refractivity contribution in [3.63, 3.8) is 0 Å². The molecule has 0 aliphatic heterocycles. The molecule has 2 aromatic carbocycles. The molecule has 1 amide bonds. The van der Waals surface area contributed by atoms with Gasteiger partial charge in [-0.3, -0.25) is 4.79 Å². The lowest BCUT2D eigenvalue weighted by atomic mass is 10.1. The average molecular weight is 351 g/mol. The van der Waals surface area contributed by atoms with E-state index in [2.05, 4.69) is 21.4 Å². The number of carbonyl (C=O) groups is 1. The molecule has 1 heterocycles. The van der Waals surface area contributed by atoms with E-state index in [-0.39, 0.29) is 5.91 Å². The zero-order valence-corrected chi connectivity index (χ0v) is 15.3. The molecule has 0 saturated carbocycles. The molecule has 1 N–H and O–H groups in total. The van der Waals surface area contributed by atoms with Crippen LogP contribution in [-0.2, 0) is 11.3 Å². The Morgan fingerprint density at radius 1 is 1.24 bits per heavy atom. The summed E-state index contributed by atoms with van der Waals surface area (Å²) in [6.07, 6.45) is 1.84. The number of allylic oxidation sites excluding steroid dienone is 1. The number of amides is 1. The average Bonchev–Trinajstić information content (AvgIpc) is 2.95. The van der Waals surface area contributed by atoms with Crippen LogP contribution in [0.15, 0.2) is 60.3 Å². The number of carbonyl (C=O) groups excluding carboxylic acids is 1. The van der Waals surface area contributed by atoms with E-state index < -0.39 is 0 Å². The van der Waals surface area contributed by atoms with Crippen LogP contribution >= 0.6 is 11.8 Å². The van der Waals surface area contributed by atoms with Gasteiger partial charge in [-0.2, -0.15) is 0 Å². The van der Waals surface area contributed by atoms with Crippen LogP contribution in [0.4, 0.5) is 5.69 Å². The Morgan fingerprint density at radius 3 is 2.84 bits per heavy atom.